The summed E-state index contributed by atoms with van der Waals surface area (Å²) in [5.41, 5.74) is 0. The van der Waals surface area contributed by atoms with Crippen LogP contribution in [0.4, 0.5) is 0 Å². The van der Waals surface area contributed by atoms with Crippen molar-refractivity contribution in [3.8, 4) is 0 Å². The summed E-state index contributed by atoms with van der Waals surface area (Å²) >= 11 is 0. The summed E-state index contributed by atoms with van der Waals surface area (Å²) < 4.78 is 10.5. The van der Waals surface area contributed by atoms with Crippen LogP contribution in [0, 0.1) is 0 Å². The zero-order valence-electron chi connectivity index (χ0n) is 7.70. The first kappa shape index (κ1) is 8.97. The van der Waals surface area contributed by atoms with Crippen LogP contribution in [0.3, 0.4) is 0 Å². The summed E-state index contributed by atoms with van der Waals surface area (Å²) in [5, 5.41) is 0. The second-order valence-electron chi connectivity index (χ2n) is 3.46. The van der Waals surface area contributed by atoms with Crippen molar-refractivity contribution in [1.82, 2.24) is 4.90 Å². The van der Waals surface area contributed by atoms with Crippen LogP contribution in [-0.4, -0.2) is 43.4 Å². The highest BCUT2D eigenvalue weighted by Gasteiger charge is 2.29. The highest BCUT2D eigenvalue weighted by Crippen LogP contribution is 2.13. The van der Waals surface area contributed by atoms with Crippen LogP contribution in [0.1, 0.15) is 19.3 Å². The summed E-state index contributed by atoms with van der Waals surface area (Å²) in [7, 11) is 0. The summed E-state index contributed by atoms with van der Waals surface area (Å²) in [5.74, 6) is 0.0113. The van der Waals surface area contributed by atoms with E-state index in [1.807, 2.05) is 4.90 Å². The minimum Gasteiger partial charge on any atom is -0.344 e. The molecule has 2 rings (SSSR count). The highest BCUT2D eigenvalue weighted by atomic mass is 16.7. The Labute approximate surface area is 77.8 Å². The Bertz CT molecular complexity index is 183. The molecule has 0 aliphatic carbocycles. The van der Waals surface area contributed by atoms with E-state index in [0.717, 1.165) is 32.4 Å². The molecule has 0 saturated carbocycles. The van der Waals surface area contributed by atoms with E-state index in [1.165, 1.54) is 0 Å². The number of amides is 1. The minimum atomic E-state index is -0.619. The molecule has 0 aromatic heterocycles. The Morgan fingerprint density at radius 2 is 1.69 bits per heavy atom. The summed E-state index contributed by atoms with van der Waals surface area (Å²) in [6.45, 7) is 3.01. The number of hydrogen-bond acceptors (Lipinski definition) is 3. The Kier molecular flexibility index (Phi) is 2.80. The van der Waals surface area contributed by atoms with Gasteiger partial charge in [-0.25, -0.2) is 0 Å². The van der Waals surface area contributed by atoms with Gasteiger partial charge in [0.25, 0.3) is 5.91 Å². The predicted octanol–water partition coefficient (Wildman–Crippen LogP) is 0.372. The van der Waals surface area contributed by atoms with E-state index in [2.05, 4.69) is 0 Å². The average Bonchev–Trinajstić information content (AvgIpc) is 2.71. The third kappa shape index (κ3) is 2.00. The molecule has 0 bridgehead atoms. The van der Waals surface area contributed by atoms with Gasteiger partial charge in [-0.1, -0.05) is 0 Å². The quantitative estimate of drug-likeness (QED) is 0.592. The number of hydrogen-bond donors (Lipinski definition) is 0. The molecule has 0 spiro atoms. The maximum absolute atomic E-state index is 11.7. The van der Waals surface area contributed by atoms with Crippen molar-refractivity contribution < 1.29 is 14.3 Å². The monoisotopic (exact) mass is 185 g/mol. The molecule has 74 valence electrons. The van der Waals surface area contributed by atoms with Crippen LogP contribution in [0.5, 0.6) is 0 Å². The van der Waals surface area contributed by atoms with Crippen molar-refractivity contribution >= 4 is 5.91 Å². The number of likely N-dealkylation sites (tertiary alicyclic amines) is 1. The highest BCUT2D eigenvalue weighted by molar-refractivity contribution is 5.79. The molecule has 4 nitrogen and oxygen atoms in total. The number of carbonyl (C=O) groups excluding carboxylic acids is 1. The molecular weight excluding hydrogens is 170 g/mol. The fourth-order valence-electron chi connectivity index (χ4n) is 1.72. The van der Waals surface area contributed by atoms with Crippen LogP contribution in [0.25, 0.3) is 0 Å². The average molecular weight is 185 g/mol. The van der Waals surface area contributed by atoms with Gasteiger partial charge in [0, 0.05) is 13.1 Å². The standard InChI is InChI=1S/C9H15NO3/c11-8(10-4-1-2-5-10)9-12-6-3-7-13-9/h9H,1-7H2. The molecule has 0 atom stereocenters. The Balaban J connectivity index is 1.87. The van der Waals surface area contributed by atoms with Crippen molar-refractivity contribution in [1.29, 1.82) is 0 Å². The van der Waals surface area contributed by atoms with Gasteiger partial charge in [-0.15, -0.1) is 0 Å². The maximum Gasteiger partial charge on any atom is 0.279 e. The third-order valence-corrected chi connectivity index (χ3v) is 2.45. The van der Waals surface area contributed by atoms with Crippen molar-refractivity contribution in [2.24, 2.45) is 0 Å². The molecule has 2 fully saturated rings. The number of rotatable bonds is 1. The lowest BCUT2D eigenvalue weighted by molar-refractivity contribution is -0.198. The van der Waals surface area contributed by atoms with Gasteiger partial charge < -0.3 is 14.4 Å². The van der Waals surface area contributed by atoms with Crippen molar-refractivity contribution in [3.05, 3.63) is 0 Å². The molecule has 4 heteroatoms. The van der Waals surface area contributed by atoms with Gasteiger partial charge in [0.05, 0.1) is 13.2 Å². The first-order chi connectivity index (χ1) is 6.38. The van der Waals surface area contributed by atoms with Gasteiger partial charge in [0.1, 0.15) is 0 Å². The zero-order valence-corrected chi connectivity index (χ0v) is 7.70. The molecule has 2 aliphatic heterocycles. The van der Waals surface area contributed by atoms with Gasteiger partial charge >= 0.3 is 0 Å². The van der Waals surface area contributed by atoms with E-state index in [0.29, 0.717) is 13.2 Å². The molecule has 0 radical (unpaired) electrons. The first-order valence-electron chi connectivity index (χ1n) is 4.90. The Morgan fingerprint density at radius 1 is 1.08 bits per heavy atom. The van der Waals surface area contributed by atoms with Crippen LogP contribution < -0.4 is 0 Å². The van der Waals surface area contributed by atoms with Gasteiger partial charge in [-0.05, 0) is 19.3 Å². The molecule has 0 aromatic carbocycles. The van der Waals surface area contributed by atoms with Gasteiger partial charge in [-0.3, -0.25) is 4.79 Å². The van der Waals surface area contributed by atoms with E-state index in [4.69, 9.17) is 9.47 Å². The molecule has 1 amide bonds. The number of ether oxygens (including phenoxy) is 2. The minimum absolute atomic E-state index is 0.0113. The maximum atomic E-state index is 11.7. The number of nitrogens with zero attached hydrogens (tertiary/aromatic N) is 1. The topological polar surface area (TPSA) is 38.8 Å². The van der Waals surface area contributed by atoms with Gasteiger partial charge in [0.2, 0.25) is 6.29 Å². The normalized spacial score (nSPS) is 25.1. The third-order valence-electron chi connectivity index (χ3n) is 2.45. The second kappa shape index (κ2) is 4.07. The molecule has 2 aliphatic rings. The zero-order chi connectivity index (χ0) is 9.10. The Hall–Kier alpha value is -0.610. The van der Waals surface area contributed by atoms with Crippen LogP contribution in [0.15, 0.2) is 0 Å². The largest absolute Gasteiger partial charge is 0.344 e. The fourth-order valence-corrected chi connectivity index (χ4v) is 1.72. The molecule has 2 heterocycles. The van der Waals surface area contributed by atoms with Gasteiger partial charge in [0.15, 0.2) is 0 Å². The summed E-state index contributed by atoms with van der Waals surface area (Å²) in [6.07, 6.45) is 2.49. The summed E-state index contributed by atoms with van der Waals surface area (Å²) in [6, 6.07) is 0. The van der Waals surface area contributed by atoms with E-state index >= 15 is 0 Å². The predicted molar refractivity (Wildman–Crippen MR) is 46.1 cm³/mol. The summed E-state index contributed by atoms with van der Waals surface area (Å²) in [4.78, 5) is 13.5. The van der Waals surface area contributed by atoms with Crippen LogP contribution >= 0.6 is 0 Å². The smallest absolute Gasteiger partial charge is 0.279 e. The lowest BCUT2D eigenvalue weighted by Gasteiger charge is -2.26. The van der Waals surface area contributed by atoms with E-state index in [1.54, 1.807) is 0 Å². The second-order valence-corrected chi connectivity index (χ2v) is 3.46. The van der Waals surface area contributed by atoms with E-state index in [-0.39, 0.29) is 5.91 Å². The molecular formula is C9H15NO3. The van der Waals surface area contributed by atoms with Crippen molar-refractivity contribution in [3.63, 3.8) is 0 Å². The Morgan fingerprint density at radius 3 is 2.31 bits per heavy atom. The molecule has 0 aromatic rings. The molecule has 2 saturated heterocycles. The molecule has 0 unspecified atom stereocenters. The van der Waals surface area contributed by atoms with Crippen LogP contribution in [-0.2, 0) is 14.3 Å². The number of carbonyl (C=O) groups is 1. The van der Waals surface area contributed by atoms with Crippen molar-refractivity contribution in [2.75, 3.05) is 26.3 Å². The van der Waals surface area contributed by atoms with E-state index < -0.39 is 6.29 Å². The lowest BCUT2D eigenvalue weighted by Crippen LogP contribution is -2.42. The van der Waals surface area contributed by atoms with Crippen molar-refractivity contribution in [2.45, 2.75) is 25.6 Å². The fraction of sp³-hybridized carbons (Fsp3) is 0.889. The van der Waals surface area contributed by atoms with Crippen LogP contribution in [0.2, 0.25) is 0 Å². The SMILES string of the molecule is O=C(C1OCCCO1)N1CCCC1. The molecule has 0 N–H and O–H groups in total. The van der Waals surface area contributed by atoms with E-state index in [9.17, 15) is 4.79 Å². The van der Waals surface area contributed by atoms with Gasteiger partial charge in [-0.2, -0.15) is 0 Å². The molecule has 13 heavy (non-hydrogen) atoms. The lowest BCUT2D eigenvalue weighted by atomic mass is 10.4. The first-order valence-corrected chi connectivity index (χ1v) is 4.90.